The Labute approximate surface area is 87.2 Å². The Kier molecular flexibility index (Phi) is 4.68. The highest BCUT2D eigenvalue weighted by molar-refractivity contribution is 7.85. The van der Waals surface area contributed by atoms with Gasteiger partial charge >= 0.3 is 0 Å². The molecule has 0 fully saturated rings. The molecule has 0 aliphatic carbocycles. The third-order valence-electron chi connectivity index (χ3n) is 1.35. The van der Waals surface area contributed by atoms with Crippen molar-refractivity contribution < 1.29 is 13.0 Å². The van der Waals surface area contributed by atoms with Crippen molar-refractivity contribution in [3.05, 3.63) is 0 Å². The van der Waals surface area contributed by atoms with E-state index in [-0.39, 0.29) is 16.4 Å². The van der Waals surface area contributed by atoms with Crippen molar-refractivity contribution in [2.75, 3.05) is 5.75 Å². The fourth-order valence-corrected chi connectivity index (χ4v) is 1.79. The number of hydrogen-bond acceptors (Lipinski definition) is 4. The van der Waals surface area contributed by atoms with Gasteiger partial charge < -0.3 is 11.5 Å². The van der Waals surface area contributed by atoms with Crippen molar-refractivity contribution >= 4 is 44.5 Å². The molecule has 0 unspecified atom stereocenters. The Bertz CT molecular complexity index is 297. The lowest BCUT2D eigenvalue weighted by Gasteiger charge is -2.11. The van der Waals surface area contributed by atoms with E-state index in [1.807, 2.05) is 0 Å². The quantitative estimate of drug-likeness (QED) is 0.439. The van der Waals surface area contributed by atoms with Crippen LogP contribution in [0.2, 0.25) is 0 Å². The molecule has 0 aromatic heterocycles. The van der Waals surface area contributed by atoms with Gasteiger partial charge in [0.2, 0.25) is 0 Å². The van der Waals surface area contributed by atoms with Crippen LogP contribution in [0.15, 0.2) is 0 Å². The number of rotatable bonds is 5. The molecule has 0 atom stereocenters. The standard InChI is InChI=1S/C5H10N2O3S3/c6-4(11)3(5(7)12)1-2-13(8,9)10/h3H,1-2H2,(H2,6,11)(H2,7,12)(H,8,9,10). The van der Waals surface area contributed by atoms with E-state index in [9.17, 15) is 8.42 Å². The Morgan fingerprint density at radius 3 is 1.92 bits per heavy atom. The van der Waals surface area contributed by atoms with Crippen LogP contribution < -0.4 is 11.5 Å². The lowest BCUT2D eigenvalue weighted by molar-refractivity contribution is 0.480. The van der Waals surface area contributed by atoms with Crippen molar-refractivity contribution in [2.24, 2.45) is 17.4 Å². The predicted molar refractivity (Wildman–Crippen MR) is 58.1 cm³/mol. The van der Waals surface area contributed by atoms with Gasteiger partial charge in [-0.15, -0.1) is 0 Å². The average Bonchev–Trinajstić information content (AvgIpc) is 1.82. The molecule has 0 aliphatic heterocycles. The molecule has 0 saturated carbocycles. The van der Waals surface area contributed by atoms with Crippen LogP contribution >= 0.6 is 24.4 Å². The fraction of sp³-hybridized carbons (Fsp3) is 0.600. The van der Waals surface area contributed by atoms with Gasteiger partial charge in [-0.1, -0.05) is 24.4 Å². The Hall–Kier alpha value is -0.310. The highest BCUT2D eigenvalue weighted by Gasteiger charge is 2.18. The second-order valence-electron chi connectivity index (χ2n) is 2.43. The molecule has 8 heteroatoms. The topological polar surface area (TPSA) is 106 Å². The molecule has 0 aliphatic rings. The summed E-state index contributed by atoms with van der Waals surface area (Å²) in [5.41, 5.74) is 10.5. The first-order valence-electron chi connectivity index (χ1n) is 3.28. The summed E-state index contributed by atoms with van der Waals surface area (Å²) in [4.78, 5) is 0.0762. The van der Waals surface area contributed by atoms with Gasteiger partial charge in [0.25, 0.3) is 10.1 Å². The van der Waals surface area contributed by atoms with E-state index in [4.69, 9.17) is 16.0 Å². The summed E-state index contributed by atoms with van der Waals surface area (Å²) >= 11 is 9.23. The maximum absolute atomic E-state index is 10.4. The summed E-state index contributed by atoms with van der Waals surface area (Å²) in [6.07, 6.45) is 0.0174. The molecule has 0 spiro atoms. The number of thiocarbonyl (C=S) groups is 2. The van der Waals surface area contributed by atoms with Crippen LogP contribution in [0.5, 0.6) is 0 Å². The minimum absolute atomic E-state index is 0.0174. The van der Waals surface area contributed by atoms with E-state index in [2.05, 4.69) is 24.4 Å². The molecule has 5 nitrogen and oxygen atoms in total. The molecule has 0 heterocycles. The van der Waals surface area contributed by atoms with Gasteiger partial charge in [0.05, 0.1) is 21.6 Å². The zero-order valence-corrected chi connectivity index (χ0v) is 9.08. The maximum atomic E-state index is 10.4. The molecular formula is C5H10N2O3S3. The average molecular weight is 242 g/mol. The van der Waals surface area contributed by atoms with E-state index in [1.165, 1.54) is 0 Å². The molecule has 5 N–H and O–H groups in total. The lowest BCUT2D eigenvalue weighted by atomic mass is 10.1. The monoisotopic (exact) mass is 242 g/mol. The smallest absolute Gasteiger partial charge is 0.264 e. The Morgan fingerprint density at radius 1 is 1.31 bits per heavy atom. The summed E-state index contributed by atoms with van der Waals surface area (Å²) < 4.78 is 29.2. The number of hydrogen-bond donors (Lipinski definition) is 3. The molecule has 0 aromatic carbocycles. The van der Waals surface area contributed by atoms with Gasteiger partial charge in [-0.3, -0.25) is 4.55 Å². The Morgan fingerprint density at radius 2 is 1.69 bits per heavy atom. The number of nitrogens with two attached hydrogens (primary N) is 2. The molecule has 0 rings (SSSR count). The molecule has 0 aromatic rings. The third kappa shape index (κ3) is 5.86. The van der Waals surface area contributed by atoms with Gasteiger partial charge in [-0.05, 0) is 6.42 Å². The first-order valence-corrected chi connectivity index (χ1v) is 5.70. The van der Waals surface area contributed by atoms with Gasteiger partial charge in [-0.2, -0.15) is 8.42 Å². The van der Waals surface area contributed by atoms with E-state index in [1.54, 1.807) is 0 Å². The zero-order valence-electron chi connectivity index (χ0n) is 6.63. The van der Waals surface area contributed by atoms with Crippen LogP contribution in [0, 0.1) is 5.92 Å². The summed E-state index contributed by atoms with van der Waals surface area (Å²) in [6.45, 7) is 0. The first kappa shape index (κ1) is 12.7. The molecule has 0 amide bonds. The van der Waals surface area contributed by atoms with Crippen LogP contribution in [-0.4, -0.2) is 28.7 Å². The van der Waals surface area contributed by atoms with Crippen molar-refractivity contribution in [1.82, 2.24) is 0 Å². The van der Waals surface area contributed by atoms with E-state index < -0.39 is 21.8 Å². The fourth-order valence-electron chi connectivity index (χ4n) is 0.692. The van der Waals surface area contributed by atoms with Crippen molar-refractivity contribution in [3.8, 4) is 0 Å². The van der Waals surface area contributed by atoms with Gasteiger partial charge in [-0.25, -0.2) is 0 Å². The van der Waals surface area contributed by atoms with Crippen molar-refractivity contribution in [3.63, 3.8) is 0 Å². The highest BCUT2D eigenvalue weighted by Crippen LogP contribution is 2.06. The first-order chi connectivity index (χ1) is 5.74. The van der Waals surface area contributed by atoms with Crippen molar-refractivity contribution in [1.29, 1.82) is 0 Å². The van der Waals surface area contributed by atoms with Crippen LogP contribution in [0.25, 0.3) is 0 Å². The van der Waals surface area contributed by atoms with E-state index in [0.717, 1.165) is 0 Å². The summed E-state index contributed by atoms with van der Waals surface area (Å²) in [6, 6.07) is 0. The van der Waals surface area contributed by atoms with Crippen LogP contribution in [0.4, 0.5) is 0 Å². The molecule has 0 bridgehead atoms. The molecule has 76 valence electrons. The van der Waals surface area contributed by atoms with Crippen molar-refractivity contribution in [2.45, 2.75) is 6.42 Å². The maximum Gasteiger partial charge on any atom is 0.264 e. The van der Waals surface area contributed by atoms with Crippen LogP contribution in [0.1, 0.15) is 6.42 Å². The Balaban J connectivity index is 4.30. The minimum Gasteiger partial charge on any atom is -0.393 e. The summed E-state index contributed by atoms with van der Waals surface area (Å²) in [7, 11) is -4.02. The molecular weight excluding hydrogens is 232 g/mol. The predicted octanol–water partition coefficient (Wildman–Crippen LogP) is -0.547. The summed E-state index contributed by atoms with van der Waals surface area (Å²) in [5.74, 6) is -1.07. The highest BCUT2D eigenvalue weighted by atomic mass is 32.2. The van der Waals surface area contributed by atoms with Gasteiger partial charge in [0.1, 0.15) is 0 Å². The molecule has 0 radical (unpaired) electrons. The van der Waals surface area contributed by atoms with E-state index >= 15 is 0 Å². The SMILES string of the molecule is NC(=S)C(CCS(=O)(=O)O)C(N)=S. The second-order valence-corrected chi connectivity index (χ2v) is 4.95. The minimum atomic E-state index is -4.02. The largest absolute Gasteiger partial charge is 0.393 e. The van der Waals surface area contributed by atoms with Crippen LogP contribution in [0.3, 0.4) is 0 Å². The summed E-state index contributed by atoms with van der Waals surface area (Å²) in [5, 5.41) is 0. The molecule has 13 heavy (non-hydrogen) atoms. The van der Waals surface area contributed by atoms with Crippen LogP contribution in [-0.2, 0) is 10.1 Å². The lowest BCUT2D eigenvalue weighted by Crippen LogP contribution is -2.33. The van der Waals surface area contributed by atoms with Gasteiger partial charge in [0, 0.05) is 0 Å². The normalized spacial score (nSPS) is 11.5. The van der Waals surface area contributed by atoms with E-state index in [0.29, 0.717) is 0 Å². The second kappa shape index (κ2) is 4.80. The zero-order chi connectivity index (χ0) is 10.6. The van der Waals surface area contributed by atoms with Gasteiger partial charge in [0.15, 0.2) is 0 Å². The third-order valence-corrected chi connectivity index (χ3v) is 2.67. The molecule has 0 saturated heterocycles.